The van der Waals surface area contributed by atoms with Crippen LogP contribution < -0.4 is 5.46 Å². The van der Waals surface area contributed by atoms with Crippen molar-refractivity contribution in [3.05, 3.63) is 28.8 Å². The van der Waals surface area contributed by atoms with Gasteiger partial charge in [0.1, 0.15) is 0 Å². The lowest BCUT2D eigenvalue weighted by Crippen LogP contribution is -2.53. The number of benzene rings is 1. The largest absolute Gasteiger partial charge is 0.493 e. The summed E-state index contributed by atoms with van der Waals surface area (Å²) >= 11 is 6.22. The van der Waals surface area contributed by atoms with Gasteiger partial charge < -0.3 is 14.8 Å². The minimum Gasteiger partial charge on any atom is -0.423 e. The lowest BCUT2D eigenvalue weighted by Gasteiger charge is -2.38. The molecule has 0 heterocycles. The average Bonchev–Trinajstić information content (AvgIpc) is 2.44. The van der Waals surface area contributed by atoms with Gasteiger partial charge in [0.15, 0.2) is 0 Å². The van der Waals surface area contributed by atoms with E-state index in [2.05, 4.69) is 18.7 Å². The van der Waals surface area contributed by atoms with E-state index in [1.54, 1.807) is 33.8 Å². The molecule has 0 bridgehead atoms. The van der Waals surface area contributed by atoms with Gasteiger partial charge in [0.25, 0.3) is 0 Å². The van der Waals surface area contributed by atoms with Gasteiger partial charge >= 0.3 is 7.12 Å². The summed E-state index contributed by atoms with van der Waals surface area (Å²) in [7, 11) is -1.19. The molecule has 0 amide bonds. The standard InChI is InChI=1S/C17H29BClNO3/c1-7-20(8-2)12-13-9-10-15(19)14(11-13)18(22)23-17(5,6)16(3,4)21/h9-11,21-22H,7-8,12H2,1-6H3. The first-order chi connectivity index (χ1) is 10.5. The third-order valence-corrected chi connectivity index (χ3v) is 4.85. The molecule has 6 heteroatoms. The van der Waals surface area contributed by atoms with Crippen LogP contribution in [-0.4, -0.2) is 46.4 Å². The Morgan fingerprint density at radius 1 is 1.17 bits per heavy atom. The van der Waals surface area contributed by atoms with Crippen molar-refractivity contribution in [1.82, 2.24) is 4.90 Å². The number of halogens is 1. The van der Waals surface area contributed by atoms with E-state index in [0.29, 0.717) is 10.5 Å². The Morgan fingerprint density at radius 2 is 1.74 bits per heavy atom. The molecule has 23 heavy (non-hydrogen) atoms. The molecule has 1 rings (SSSR count). The van der Waals surface area contributed by atoms with E-state index in [1.807, 2.05) is 12.1 Å². The second kappa shape index (κ2) is 7.99. The molecule has 130 valence electrons. The SMILES string of the molecule is CCN(CC)Cc1ccc(Cl)c(B(O)OC(C)(C)C(C)(C)O)c1. The van der Waals surface area contributed by atoms with Crippen molar-refractivity contribution < 1.29 is 14.8 Å². The molecule has 0 aliphatic rings. The quantitative estimate of drug-likeness (QED) is 0.713. The van der Waals surface area contributed by atoms with Crippen molar-refractivity contribution in [2.75, 3.05) is 13.1 Å². The van der Waals surface area contributed by atoms with Gasteiger partial charge in [-0.3, -0.25) is 4.90 Å². The molecule has 0 aromatic heterocycles. The number of hydrogen-bond acceptors (Lipinski definition) is 4. The zero-order valence-corrected chi connectivity index (χ0v) is 15.8. The highest BCUT2D eigenvalue weighted by Gasteiger charge is 2.40. The molecule has 0 aliphatic carbocycles. The van der Waals surface area contributed by atoms with Gasteiger partial charge in [-0.05, 0) is 52.4 Å². The van der Waals surface area contributed by atoms with E-state index in [-0.39, 0.29) is 0 Å². The lowest BCUT2D eigenvalue weighted by atomic mass is 9.76. The smallest absolute Gasteiger partial charge is 0.423 e. The van der Waals surface area contributed by atoms with Crippen LogP contribution in [-0.2, 0) is 11.2 Å². The first-order valence-electron chi connectivity index (χ1n) is 8.10. The van der Waals surface area contributed by atoms with E-state index in [0.717, 1.165) is 25.2 Å². The molecule has 2 N–H and O–H groups in total. The van der Waals surface area contributed by atoms with Crippen molar-refractivity contribution in [2.24, 2.45) is 0 Å². The van der Waals surface area contributed by atoms with E-state index in [4.69, 9.17) is 16.3 Å². The van der Waals surface area contributed by atoms with Crippen LogP contribution in [0.25, 0.3) is 0 Å². The number of rotatable bonds is 8. The summed E-state index contributed by atoms with van der Waals surface area (Å²) in [5, 5.41) is 21.1. The van der Waals surface area contributed by atoms with Crippen LogP contribution in [0.1, 0.15) is 47.1 Å². The van der Waals surface area contributed by atoms with Gasteiger partial charge in [-0.15, -0.1) is 0 Å². The van der Waals surface area contributed by atoms with Gasteiger partial charge in [0.2, 0.25) is 0 Å². The molecule has 4 nitrogen and oxygen atoms in total. The molecular formula is C17H29BClNO3. The second-order valence-electron chi connectivity index (χ2n) is 6.86. The molecule has 0 saturated carbocycles. The normalized spacial score (nSPS) is 12.8. The topological polar surface area (TPSA) is 52.9 Å². The van der Waals surface area contributed by atoms with Crippen molar-refractivity contribution >= 4 is 24.2 Å². The Hall–Kier alpha value is -0.585. The minimum atomic E-state index is -1.19. The van der Waals surface area contributed by atoms with Gasteiger partial charge in [-0.1, -0.05) is 37.6 Å². The Morgan fingerprint density at radius 3 is 2.22 bits per heavy atom. The summed E-state index contributed by atoms with van der Waals surface area (Å²) in [5.74, 6) is 0. The number of aliphatic hydroxyl groups is 1. The number of hydrogen-bond donors (Lipinski definition) is 2. The van der Waals surface area contributed by atoms with Crippen LogP contribution in [0, 0.1) is 0 Å². The maximum atomic E-state index is 10.4. The monoisotopic (exact) mass is 341 g/mol. The Balaban J connectivity index is 2.98. The summed E-state index contributed by atoms with van der Waals surface area (Å²) in [4.78, 5) is 2.28. The van der Waals surface area contributed by atoms with Gasteiger partial charge in [0, 0.05) is 17.0 Å². The fourth-order valence-corrected chi connectivity index (χ4v) is 2.28. The maximum absolute atomic E-state index is 10.4. The summed E-state index contributed by atoms with van der Waals surface area (Å²) in [6, 6.07) is 5.60. The van der Waals surface area contributed by atoms with Crippen molar-refractivity contribution in [3.63, 3.8) is 0 Å². The van der Waals surface area contributed by atoms with Crippen molar-refractivity contribution in [2.45, 2.75) is 59.3 Å². The van der Waals surface area contributed by atoms with Crippen LogP contribution in [0.2, 0.25) is 5.02 Å². The summed E-state index contributed by atoms with van der Waals surface area (Å²) < 4.78 is 5.69. The molecule has 0 spiro atoms. The summed E-state index contributed by atoms with van der Waals surface area (Å²) in [5.41, 5.74) is -0.436. The van der Waals surface area contributed by atoms with Crippen LogP contribution in [0.5, 0.6) is 0 Å². The van der Waals surface area contributed by atoms with Gasteiger partial charge in [-0.2, -0.15) is 0 Å². The zero-order valence-electron chi connectivity index (χ0n) is 15.1. The van der Waals surface area contributed by atoms with Gasteiger partial charge in [0.05, 0.1) is 11.2 Å². The molecule has 0 aliphatic heterocycles. The second-order valence-corrected chi connectivity index (χ2v) is 7.26. The Labute approximate surface area is 145 Å². The predicted octanol–water partition coefficient (Wildman–Crippen LogP) is 2.44. The third-order valence-electron chi connectivity index (χ3n) is 4.51. The zero-order chi connectivity index (χ0) is 17.8. The summed E-state index contributed by atoms with van der Waals surface area (Å²) in [6.07, 6.45) is 0. The molecular weight excluding hydrogens is 312 g/mol. The molecule has 0 radical (unpaired) electrons. The van der Waals surface area contributed by atoms with E-state index >= 15 is 0 Å². The molecule has 1 aromatic carbocycles. The first-order valence-corrected chi connectivity index (χ1v) is 8.48. The van der Waals surface area contributed by atoms with Crippen molar-refractivity contribution in [3.8, 4) is 0 Å². The Kier molecular flexibility index (Phi) is 7.11. The van der Waals surface area contributed by atoms with E-state index in [9.17, 15) is 10.1 Å². The van der Waals surface area contributed by atoms with E-state index < -0.39 is 18.3 Å². The Bertz CT molecular complexity index is 513. The van der Waals surface area contributed by atoms with Crippen molar-refractivity contribution in [1.29, 1.82) is 0 Å². The highest BCUT2D eigenvalue weighted by Crippen LogP contribution is 2.26. The molecule has 0 saturated heterocycles. The highest BCUT2D eigenvalue weighted by atomic mass is 35.5. The van der Waals surface area contributed by atoms with Gasteiger partial charge in [-0.25, -0.2) is 0 Å². The van der Waals surface area contributed by atoms with Crippen LogP contribution in [0.4, 0.5) is 0 Å². The molecule has 0 fully saturated rings. The fraction of sp³-hybridized carbons (Fsp3) is 0.647. The van der Waals surface area contributed by atoms with Crippen LogP contribution >= 0.6 is 11.6 Å². The highest BCUT2D eigenvalue weighted by molar-refractivity contribution is 6.64. The minimum absolute atomic E-state index is 0.451. The summed E-state index contributed by atoms with van der Waals surface area (Å²) in [6.45, 7) is 13.7. The number of nitrogens with zero attached hydrogens (tertiary/aromatic N) is 1. The first kappa shape index (κ1) is 20.5. The molecule has 1 aromatic rings. The fourth-order valence-electron chi connectivity index (χ4n) is 2.07. The predicted molar refractivity (Wildman–Crippen MR) is 97.1 cm³/mol. The third kappa shape index (κ3) is 5.47. The lowest BCUT2D eigenvalue weighted by molar-refractivity contribution is -0.0982. The maximum Gasteiger partial charge on any atom is 0.493 e. The average molecular weight is 342 g/mol. The van der Waals surface area contributed by atoms with Crippen LogP contribution in [0.3, 0.4) is 0 Å². The molecule has 0 atom stereocenters. The van der Waals surface area contributed by atoms with E-state index in [1.165, 1.54) is 0 Å². The van der Waals surface area contributed by atoms with Crippen LogP contribution in [0.15, 0.2) is 18.2 Å². The molecule has 0 unspecified atom stereocenters.